The fourth-order valence-electron chi connectivity index (χ4n) is 1.10. The van der Waals surface area contributed by atoms with E-state index in [9.17, 15) is 0 Å². The molecule has 0 aliphatic carbocycles. The molecule has 0 fully saturated rings. The van der Waals surface area contributed by atoms with Crippen LogP contribution < -0.4 is 5.73 Å². The third-order valence-corrected chi connectivity index (χ3v) is 1.65. The number of nitrogens with one attached hydrogen (secondary N) is 1. The first-order chi connectivity index (χ1) is 5.38. The van der Waals surface area contributed by atoms with Gasteiger partial charge in [0.2, 0.25) is 0 Å². The number of pyridine rings is 1. The van der Waals surface area contributed by atoms with Gasteiger partial charge in [0.05, 0.1) is 11.2 Å². The lowest BCUT2D eigenvalue weighted by molar-refractivity contribution is 1.38. The van der Waals surface area contributed by atoms with E-state index in [0.717, 1.165) is 10.9 Å². The van der Waals surface area contributed by atoms with Crippen molar-refractivity contribution in [2.75, 3.05) is 0 Å². The van der Waals surface area contributed by atoms with E-state index in [2.05, 4.69) is 4.98 Å². The summed E-state index contributed by atoms with van der Waals surface area (Å²) in [5.74, 6) is 0. The molecule has 1 radical (unpaired) electrons. The summed E-state index contributed by atoms with van der Waals surface area (Å²) in [4.78, 5) is 4.12. The van der Waals surface area contributed by atoms with E-state index >= 15 is 0 Å². The van der Waals surface area contributed by atoms with E-state index in [1.807, 2.05) is 24.3 Å². The van der Waals surface area contributed by atoms with Gasteiger partial charge < -0.3 is 5.73 Å². The van der Waals surface area contributed by atoms with Gasteiger partial charge in [-0.05, 0) is 12.1 Å². The van der Waals surface area contributed by atoms with Gasteiger partial charge in [-0.2, -0.15) is 0 Å². The number of nitrogens with zero attached hydrogens (tertiary/aromatic N) is 1. The first-order valence-electron chi connectivity index (χ1n) is 3.43. The molecule has 2 nitrogen and oxygen atoms in total. The monoisotopic (exact) mass is 143 g/mol. The molecule has 1 aromatic heterocycles. The van der Waals surface area contributed by atoms with E-state index in [4.69, 9.17) is 5.73 Å². The summed E-state index contributed by atoms with van der Waals surface area (Å²) in [5, 5.41) is 0.912. The molecule has 0 saturated carbocycles. The molecule has 2 aromatic rings. The molecule has 0 aliphatic rings. The highest BCUT2D eigenvalue weighted by molar-refractivity contribution is 5.88. The second-order valence-corrected chi connectivity index (χ2v) is 2.38. The average molecular weight is 143 g/mol. The Kier molecular flexibility index (Phi) is 1.25. The maximum atomic E-state index is 7.52. The summed E-state index contributed by atoms with van der Waals surface area (Å²) < 4.78 is 0. The molecule has 11 heavy (non-hydrogen) atoms. The Hall–Kier alpha value is -1.57. The van der Waals surface area contributed by atoms with Gasteiger partial charge in [-0.3, -0.25) is 4.98 Å². The summed E-state index contributed by atoms with van der Waals surface area (Å²) in [6, 6.07) is 9.36. The standard InChI is InChI=1S/C9H7N2/c10-8-5-6-11-9-4-2-1-3-7(8)9/h1-6,10H. The van der Waals surface area contributed by atoms with Crippen LogP contribution in [0.4, 0.5) is 5.69 Å². The molecule has 0 atom stereocenters. The minimum absolute atomic E-state index is 0.538. The van der Waals surface area contributed by atoms with Crippen LogP contribution in [0.5, 0.6) is 0 Å². The molecule has 2 rings (SSSR count). The second-order valence-electron chi connectivity index (χ2n) is 2.38. The Balaban J connectivity index is 2.91. The normalized spacial score (nSPS) is 10.2. The van der Waals surface area contributed by atoms with Crippen molar-refractivity contribution in [1.29, 1.82) is 0 Å². The highest BCUT2D eigenvalue weighted by Crippen LogP contribution is 2.18. The molecule has 0 unspecified atom stereocenters. The Bertz CT molecular complexity index is 377. The van der Waals surface area contributed by atoms with Crippen molar-refractivity contribution >= 4 is 16.6 Å². The summed E-state index contributed by atoms with van der Waals surface area (Å²) in [6.07, 6.45) is 1.66. The zero-order chi connectivity index (χ0) is 7.68. The number of aromatic nitrogens is 1. The molecule has 0 aliphatic heterocycles. The number of hydrogen-bond donors (Lipinski definition) is 0. The minimum atomic E-state index is 0.538. The van der Waals surface area contributed by atoms with Gasteiger partial charge in [-0.25, -0.2) is 0 Å². The molecule has 1 heterocycles. The molecule has 1 aromatic carbocycles. The van der Waals surface area contributed by atoms with E-state index in [1.165, 1.54) is 0 Å². The minimum Gasteiger partial charge on any atom is -0.300 e. The summed E-state index contributed by atoms with van der Waals surface area (Å²) in [7, 11) is 0. The second kappa shape index (κ2) is 2.23. The van der Waals surface area contributed by atoms with Gasteiger partial charge in [0.15, 0.2) is 0 Å². The van der Waals surface area contributed by atoms with E-state index in [-0.39, 0.29) is 0 Å². The summed E-state index contributed by atoms with van der Waals surface area (Å²) in [5.41, 5.74) is 8.95. The van der Waals surface area contributed by atoms with E-state index in [0.29, 0.717) is 5.69 Å². The smallest absolute Gasteiger partial charge is 0.0723 e. The molecule has 0 amide bonds. The molecular weight excluding hydrogens is 136 g/mol. The third-order valence-electron chi connectivity index (χ3n) is 1.65. The van der Waals surface area contributed by atoms with Crippen LogP contribution in [0.3, 0.4) is 0 Å². The van der Waals surface area contributed by atoms with Gasteiger partial charge in [0.25, 0.3) is 0 Å². The first-order valence-corrected chi connectivity index (χ1v) is 3.43. The van der Waals surface area contributed by atoms with E-state index < -0.39 is 0 Å². The molecule has 0 saturated heterocycles. The lowest BCUT2D eigenvalue weighted by Gasteiger charge is -1.96. The van der Waals surface area contributed by atoms with Crippen molar-refractivity contribution in [3.63, 3.8) is 0 Å². The Morgan fingerprint density at radius 2 is 1.91 bits per heavy atom. The fraction of sp³-hybridized carbons (Fsp3) is 0. The van der Waals surface area contributed by atoms with Crippen molar-refractivity contribution in [2.45, 2.75) is 0 Å². The average Bonchev–Trinajstić information content (AvgIpc) is 2.06. The quantitative estimate of drug-likeness (QED) is 0.556. The number of para-hydroxylation sites is 1. The zero-order valence-electron chi connectivity index (χ0n) is 5.91. The Morgan fingerprint density at radius 3 is 2.73 bits per heavy atom. The number of benzene rings is 1. The van der Waals surface area contributed by atoms with Crippen molar-refractivity contribution in [3.8, 4) is 0 Å². The Labute approximate surface area is 64.7 Å². The predicted octanol–water partition coefficient (Wildman–Crippen LogP) is 2.15. The van der Waals surface area contributed by atoms with Gasteiger partial charge >= 0.3 is 0 Å². The largest absolute Gasteiger partial charge is 0.300 e. The zero-order valence-corrected chi connectivity index (χ0v) is 5.91. The van der Waals surface area contributed by atoms with Crippen LogP contribution in [0.1, 0.15) is 0 Å². The fourth-order valence-corrected chi connectivity index (χ4v) is 1.10. The van der Waals surface area contributed by atoms with Crippen LogP contribution in [-0.4, -0.2) is 4.98 Å². The van der Waals surface area contributed by atoms with E-state index in [1.54, 1.807) is 12.3 Å². The number of fused-ring (bicyclic) bond motifs is 1. The SMILES string of the molecule is [NH]c1ccnc2ccccc12. The van der Waals surface area contributed by atoms with Crippen molar-refractivity contribution in [3.05, 3.63) is 36.5 Å². The maximum Gasteiger partial charge on any atom is 0.0723 e. The van der Waals surface area contributed by atoms with Crippen LogP contribution >= 0.6 is 0 Å². The van der Waals surface area contributed by atoms with Crippen molar-refractivity contribution in [2.24, 2.45) is 0 Å². The summed E-state index contributed by atoms with van der Waals surface area (Å²) >= 11 is 0. The lowest BCUT2D eigenvalue weighted by Crippen LogP contribution is -1.78. The molecule has 0 bridgehead atoms. The topological polar surface area (TPSA) is 36.7 Å². The molecule has 1 N–H and O–H groups in total. The van der Waals surface area contributed by atoms with Crippen molar-refractivity contribution < 1.29 is 0 Å². The van der Waals surface area contributed by atoms with Gasteiger partial charge in [0.1, 0.15) is 0 Å². The number of hydrogen-bond acceptors (Lipinski definition) is 1. The molecule has 53 valence electrons. The van der Waals surface area contributed by atoms with Gasteiger partial charge in [-0.1, -0.05) is 18.2 Å². The van der Waals surface area contributed by atoms with Crippen LogP contribution in [-0.2, 0) is 0 Å². The highest BCUT2D eigenvalue weighted by atomic mass is 14.7. The van der Waals surface area contributed by atoms with Crippen molar-refractivity contribution in [1.82, 2.24) is 10.7 Å². The third kappa shape index (κ3) is 0.923. The molecule has 2 heteroatoms. The van der Waals surface area contributed by atoms with Crippen LogP contribution in [0.25, 0.3) is 10.9 Å². The van der Waals surface area contributed by atoms with Crippen LogP contribution in [0.2, 0.25) is 0 Å². The highest BCUT2D eigenvalue weighted by Gasteiger charge is 1.94. The van der Waals surface area contributed by atoms with Gasteiger partial charge in [-0.15, -0.1) is 0 Å². The van der Waals surface area contributed by atoms with Gasteiger partial charge in [0, 0.05) is 11.6 Å². The molecular formula is C9H7N2. The van der Waals surface area contributed by atoms with Crippen LogP contribution in [0, 0.1) is 0 Å². The maximum absolute atomic E-state index is 7.52. The lowest BCUT2D eigenvalue weighted by atomic mass is 10.2. The number of rotatable bonds is 0. The predicted molar refractivity (Wildman–Crippen MR) is 44.5 cm³/mol. The van der Waals surface area contributed by atoms with Crippen LogP contribution in [0.15, 0.2) is 36.5 Å². The summed E-state index contributed by atoms with van der Waals surface area (Å²) in [6.45, 7) is 0. The molecule has 0 spiro atoms. The first kappa shape index (κ1) is 6.16. The Morgan fingerprint density at radius 1 is 1.09 bits per heavy atom.